The van der Waals surface area contributed by atoms with Gasteiger partial charge in [0.25, 0.3) is 0 Å². The molecule has 86 valence electrons. The summed E-state index contributed by atoms with van der Waals surface area (Å²) in [6.07, 6.45) is 0. The minimum Gasteiger partial charge on any atom is -0.383 e. The fourth-order valence-corrected chi connectivity index (χ4v) is 1.58. The molecule has 16 heavy (non-hydrogen) atoms. The van der Waals surface area contributed by atoms with E-state index in [4.69, 9.17) is 5.73 Å². The number of hydrogen-bond acceptors (Lipinski definition) is 3. The topological polar surface area (TPSA) is 66.7 Å². The summed E-state index contributed by atoms with van der Waals surface area (Å²) in [6, 6.07) is 6.08. The van der Waals surface area contributed by atoms with E-state index in [1.54, 1.807) is 0 Å². The number of benzene rings is 1. The van der Waals surface area contributed by atoms with E-state index in [0.29, 0.717) is 0 Å². The Labute approximate surface area is 95.3 Å². The van der Waals surface area contributed by atoms with Gasteiger partial charge in [-0.2, -0.15) is 0 Å². The highest BCUT2D eigenvalue weighted by Crippen LogP contribution is 2.17. The van der Waals surface area contributed by atoms with Crippen LogP contribution in [0.5, 0.6) is 0 Å². The van der Waals surface area contributed by atoms with Gasteiger partial charge in [0.05, 0.1) is 11.0 Å². The lowest BCUT2D eigenvalue weighted by Gasteiger charge is -2.19. The summed E-state index contributed by atoms with van der Waals surface area (Å²) >= 11 is 0. The van der Waals surface area contributed by atoms with Crippen LogP contribution in [0.2, 0.25) is 0 Å². The number of nitrogens with one attached hydrogen (secondary N) is 2. The summed E-state index contributed by atoms with van der Waals surface area (Å²) < 4.78 is 0. The Bertz CT molecular complexity index is 493. The first-order valence-corrected chi connectivity index (χ1v) is 5.43. The Hall–Kier alpha value is -1.55. The van der Waals surface area contributed by atoms with Crippen molar-refractivity contribution in [1.82, 2.24) is 9.97 Å². The van der Waals surface area contributed by atoms with Gasteiger partial charge < -0.3 is 16.0 Å². The summed E-state index contributed by atoms with van der Waals surface area (Å²) in [4.78, 5) is 7.57. The third kappa shape index (κ3) is 2.52. The highest BCUT2D eigenvalue weighted by Gasteiger charge is 2.09. The fourth-order valence-electron chi connectivity index (χ4n) is 1.58. The van der Waals surface area contributed by atoms with Gasteiger partial charge >= 0.3 is 0 Å². The van der Waals surface area contributed by atoms with Crippen molar-refractivity contribution in [3.05, 3.63) is 24.0 Å². The number of aromatic amines is 1. The number of nitrogens with zero attached hydrogens (tertiary/aromatic N) is 1. The Morgan fingerprint density at radius 1 is 1.44 bits per heavy atom. The fraction of sp³-hybridized carbons (Fsp3) is 0.417. The van der Waals surface area contributed by atoms with Crippen LogP contribution in [-0.2, 0) is 0 Å². The molecule has 4 heteroatoms. The molecule has 0 saturated carbocycles. The van der Waals surface area contributed by atoms with Crippen molar-refractivity contribution in [2.24, 2.45) is 5.73 Å². The van der Waals surface area contributed by atoms with Crippen molar-refractivity contribution in [2.45, 2.75) is 26.3 Å². The molecular formula is C12H18N4. The largest absolute Gasteiger partial charge is 0.383 e. The summed E-state index contributed by atoms with van der Waals surface area (Å²) in [5.41, 5.74) is 8.82. The van der Waals surface area contributed by atoms with Crippen LogP contribution in [0.1, 0.15) is 19.7 Å². The minimum atomic E-state index is -0.209. The third-order valence-corrected chi connectivity index (χ3v) is 2.35. The molecule has 0 atom stereocenters. The molecule has 1 aromatic carbocycles. The summed E-state index contributed by atoms with van der Waals surface area (Å²) in [5, 5.41) is 3.31. The number of aryl methyl sites for hydroxylation is 1. The minimum absolute atomic E-state index is 0.209. The highest BCUT2D eigenvalue weighted by atomic mass is 14.9. The van der Waals surface area contributed by atoms with E-state index in [0.717, 1.165) is 29.1 Å². The van der Waals surface area contributed by atoms with Crippen molar-refractivity contribution in [1.29, 1.82) is 0 Å². The van der Waals surface area contributed by atoms with E-state index in [2.05, 4.69) is 21.4 Å². The molecule has 0 amide bonds. The number of hydrogen-bond donors (Lipinski definition) is 3. The molecule has 4 N–H and O–H groups in total. The smallest absolute Gasteiger partial charge is 0.104 e. The summed E-state index contributed by atoms with van der Waals surface area (Å²) in [7, 11) is 0. The van der Waals surface area contributed by atoms with Gasteiger partial charge in [-0.05, 0) is 39.0 Å². The van der Waals surface area contributed by atoms with Crippen molar-refractivity contribution in [3.8, 4) is 0 Å². The van der Waals surface area contributed by atoms with Crippen LogP contribution in [0, 0.1) is 6.92 Å². The van der Waals surface area contributed by atoms with Crippen LogP contribution in [0.3, 0.4) is 0 Å². The number of anilines is 1. The molecule has 0 radical (unpaired) electrons. The summed E-state index contributed by atoms with van der Waals surface area (Å²) in [5.74, 6) is 0.936. The van der Waals surface area contributed by atoms with Gasteiger partial charge in [0, 0.05) is 17.8 Å². The van der Waals surface area contributed by atoms with Gasteiger partial charge in [-0.1, -0.05) is 0 Å². The van der Waals surface area contributed by atoms with E-state index in [1.165, 1.54) is 0 Å². The molecule has 0 aliphatic heterocycles. The molecule has 0 aliphatic rings. The Kier molecular flexibility index (Phi) is 2.59. The lowest BCUT2D eigenvalue weighted by molar-refractivity contribution is 0.549. The molecule has 2 rings (SSSR count). The maximum Gasteiger partial charge on any atom is 0.104 e. The van der Waals surface area contributed by atoms with Gasteiger partial charge in [-0.15, -0.1) is 0 Å². The van der Waals surface area contributed by atoms with Crippen LogP contribution < -0.4 is 11.1 Å². The van der Waals surface area contributed by atoms with E-state index in [9.17, 15) is 0 Å². The zero-order valence-corrected chi connectivity index (χ0v) is 9.96. The Balaban J connectivity index is 2.19. The van der Waals surface area contributed by atoms with Crippen molar-refractivity contribution in [3.63, 3.8) is 0 Å². The predicted octanol–water partition coefficient (Wildman–Crippen LogP) is 2.02. The van der Waals surface area contributed by atoms with Crippen LogP contribution in [0.15, 0.2) is 18.2 Å². The average molecular weight is 218 g/mol. The van der Waals surface area contributed by atoms with Crippen molar-refractivity contribution in [2.75, 3.05) is 11.9 Å². The highest BCUT2D eigenvalue weighted by molar-refractivity contribution is 5.79. The third-order valence-electron chi connectivity index (χ3n) is 2.35. The number of H-pyrrole nitrogens is 1. The van der Waals surface area contributed by atoms with Gasteiger partial charge in [-0.3, -0.25) is 0 Å². The zero-order valence-electron chi connectivity index (χ0n) is 9.96. The molecule has 0 bridgehead atoms. The molecule has 0 fully saturated rings. The average Bonchev–Trinajstić information content (AvgIpc) is 2.52. The quantitative estimate of drug-likeness (QED) is 0.738. The number of rotatable bonds is 3. The standard InChI is InChI=1S/C12H18N4/c1-8-15-10-5-4-9(6-11(10)16-8)14-7-12(2,3)13/h4-6,14H,7,13H2,1-3H3,(H,15,16). The molecule has 0 unspecified atom stereocenters. The van der Waals surface area contributed by atoms with Crippen molar-refractivity contribution >= 4 is 16.7 Å². The molecule has 1 aromatic heterocycles. The van der Waals surface area contributed by atoms with Crippen molar-refractivity contribution < 1.29 is 0 Å². The molecule has 0 aliphatic carbocycles. The molecule has 4 nitrogen and oxygen atoms in total. The van der Waals surface area contributed by atoms with E-state index in [-0.39, 0.29) is 5.54 Å². The van der Waals surface area contributed by atoms with E-state index in [1.807, 2.05) is 32.9 Å². The first kappa shape index (κ1) is 11.0. The van der Waals surface area contributed by atoms with Gasteiger partial charge in [-0.25, -0.2) is 4.98 Å². The second-order valence-electron chi connectivity index (χ2n) is 4.90. The first-order chi connectivity index (χ1) is 7.44. The predicted molar refractivity (Wildman–Crippen MR) is 67.6 cm³/mol. The van der Waals surface area contributed by atoms with Gasteiger partial charge in [0.15, 0.2) is 0 Å². The maximum atomic E-state index is 5.92. The zero-order chi connectivity index (χ0) is 11.8. The first-order valence-electron chi connectivity index (χ1n) is 5.43. The van der Waals surface area contributed by atoms with Gasteiger partial charge in [0.1, 0.15) is 5.82 Å². The van der Waals surface area contributed by atoms with Crippen LogP contribution in [0.25, 0.3) is 11.0 Å². The molecular weight excluding hydrogens is 200 g/mol. The lowest BCUT2D eigenvalue weighted by Crippen LogP contribution is -2.39. The lowest BCUT2D eigenvalue weighted by atomic mass is 10.1. The Morgan fingerprint density at radius 3 is 2.88 bits per heavy atom. The number of aromatic nitrogens is 2. The normalized spacial score (nSPS) is 12.0. The van der Waals surface area contributed by atoms with Crippen LogP contribution in [0.4, 0.5) is 5.69 Å². The summed E-state index contributed by atoms with van der Waals surface area (Å²) in [6.45, 7) is 6.69. The SMILES string of the molecule is Cc1nc2ccc(NCC(C)(C)N)cc2[nH]1. The molecule has 2 aromatic rings. The molecule has 0 spiro atoms. The molecule has 1 heterocycles. The molecule has 0 saturated heterocycles. The van der Waals surface area contributed by atoms with Crippen LogP contribution >= 0.6 is 0 Å². The second-order valence-corrected chi connectivity index (χ2v) is 4.90. The monoisotopic (exact) mass is 218 g/mol. The Morgan fingerprint density at radius 2 is 2.19 bits per heavy atom. The van der Waals surface area contributed by atoms with E-state index >= 15 is 0 Å². The number of nitrogens with two attached hydrogens (primary N) is 1. The second kappa shape index (κ2) is 3.79. The van der Waals surface area contributed by atoms with Crippen LogP contribution in [-0.4, -0.2) is 22.1 Å². The number of fused-ring (bicyclic) bond motifs is 1. The maximum absolute atomic E-state index is 5.92. The van der Waals surface area contributed by atoms with Gasteiger partial charge in [0.2, 0.25) is 0 Å². The number of imidazole rings is 1. The van der Waals surface area contributed by atoms with E-state index < -0.39 is 0 Å².